The average molecular weight is 327 g/mol. The van der Waals surface area contributed by atoms with Crippen LogP contribution in [0.5, 0.6) is 11.5 Å². The van der Waals surface area contributed by atoms with Gasteiger partial charge in [0.05, 0.1) is 20.8 Å². The quantitative estimate of drug-likeness (QED) is 0.577. The normalized spacial score (nSPS) is 11.0. The van der Waals surface area contributed by atoms with Crippen LogP contribution in [-0.2, 0) is 16.0 Å². The van der Waals surface area contributed by atoms with Crippen molar-refractivity contribution in [3.63, 3.8) is 0 Å². The molecule has 0 aliphatic carbocycles. The Morgan fingerprint density at radius 1 is 1.08 bits per heavy atom. The Labute approximate surface area is 141 Å². The highest BCUT2D eigenvalue weighted by Crippen LogP contribution is 2.31. The molecule has 0 spiro atoms. The van der Waals surface area contributed by atoms with E-state index >= 15 is 0 Å². The molecule has 0 radical (unpaired) electrons. The van der Waals surface area contributed by atoms with Gasteiger partial charge in [-0.3, -0.25) is 4.98 Å². The van der Waals surface area contributed by atoms with E-state index in [1.165, 1.54) is 6.08 Å². The molecule has 2 rings (SSSR count). The van der Waals surface area contributed by atoms with Crippen molar-refractivity contribution < 1.29 is 19.0 Å². The van der Waals surface area contributed by atoms with E-state index < -0.39 is 0 Å². The first kappa shape index (κ1) is 17.5. The zero-order valence-electron chi connectivity index (χ0n) is 14.1. The van der Waals surface area contributed by atoms with E-state index in [0.717, 1.165) is 16.7 Å². The minimum Gasteiger partial charge on any atom is -0.493 e. The first-order valence-electron chi connectivity index (χ1n) is 7.66. The first-order chi connectivity index (χ1) is 11.7. The molecule has 1 heterocycles. The fourth-order valence-corrected chi connectivity index (χ4v) is 2.32. The van der Waals surface area contributed by atoms with Crippen LogP contribution >= 0.6 is 0 Å². The number of pyridine rings is 1. The van der Waals surface area contributed by atoms with Crippen LogP contribution in [0, 0.1) is 0 Å². The molecule has 0 amide bonds. The highest BCUT2D eigenvalue weighted by atomic mass is 16.5. The number of carbonyl (C=O) groups is 1. The Morgan fingerprint density at radius 2 is 1.79 bits per heavy atom. The maximum Gasteiger partial charge on any atom is 0.331 e. The predicted molar refractivity (Wildman–Crippen MR) is 92.1 cm³/mol. The van der Waals surface area contributed by atoms with Gasteiger partial charge in [0, 0.05) is 18.5 Å². The van der Waals surface area contributed by atoms with E-state index in [-0.39, 0.29) is 5.97 Å². The largest absolute Gasteiger partial charge is 0.493 e. The summed E-state index contributed by atoms with van der Waals surface area (Å²) in [6.45, 7) is 2.12. The number of hydrogen-bond donors (Lipinski definition) is 0. The molecule has 0 aliphatic heterocycles. The molecule has 2 aromatic rings. The van der Waals surface area contributed by atoms with Gasteiger partial charge in [0.15, 0.2) is 11.5 Å². The summed E-state index contributed by atoms with van der Waals surface area (Å²) >= 11 is 0. The van der Waals surface area contributed by atoms with E-state index in [1.54, 1.807) is 33.5 Å². The molecule has 0 atom stereocenters. The first-order valence-corrected chi connectivity index (χ1v) is 7.66. The van der Waals surface area contributed by atoms with Crippen LogP contribution in [0.25, 0.3) is 5.57 Å². The van der Waals surface area contributed by atoms with Crippen molar-refractivity contribution in [2.45, 2.75) is 13.3 Å². The van der Waals surface area contributed by atoms with Gasteiger partial charge in [0.2, 0.25) is 0 Å². The molecule has 0 N–H and O–H groups in total. The zero-order chi connectivity index (χ0) is 17.4. The number of carbonyl (C=O) groups excluding carboxylic acids is 1. The van der Waals surface area contributed by atoms with Crippen molar-refractivity contribution in [3.05, 3.63) is 59.9 Å². The highest BCUT2D eigenvalue weighted by molar-refractivity contribution is 5.92. The van der Waals surface area contributed by atoms with Crippen LogP contribution in [0.2, 0.25) is 0 Å². The summed E-state index contributed by atoms with van der Waals surface area (Å²) in [6.07, 6.45) is 5.56. The Balaban J connectivity index is 2.40. The zero-order valence-corrected chi connectivity index (χ0v) is 14.1. The van der Waals surface area contributed by atoms with Crippen molar-refractivity contribution in [1.29, 1.82) is 0 Å². The van der Waals surface area contributed by atoms with Gasteiger partial charge in [-0.05, 0) is 54.3 Å². The summed E-state index contributed by atoms with van der Waals surface area (Å²) in [5, 5.41) is 0. The number of nitrogens with zero attached hydrogens (tertiary/aromatic N) is 1. The Kier molecular flexibility index (Phi) is 6.37. The standard InChI is InChI=1S/C19H21NO4/c1-4-24-19(21)13-16(11-14-7-9-20-10-8-14)15-5-6-17(22-2)18(12-15)23-3/h5-10,12-13H,4,11H2,1-3H3. The second kappa shape index (κ2) is 8.72. The summed E-state index contributed by atoms with van der Waals surface area (Å²) in [5.74, 6) is 0.886. The highest BCUT2D eigenvalue weighted by Gasteiger charge is 2.11. The molecule has 1 aromatic heterocycles. The second-order valence-electron chi connectivity index (χ2n) is 5.02. The smallest absolute Gasteiger partial charge is 0.331 e. The Hall–Kier alpha value is -2.82. The maximum absolute atomic E-state index is 11.9. The lowest BCUT2D eigenvalue weighted by Crippen LogP contribution is -2.03. The lowest BCUT2D eigenvalue weighted by molar-refractivity contribution is -0.137. The van der Waals surface area contributed by atoms with Crippen LogP contribution in [0.3, 0.4) is 0 Å². The number of hydrogen-bond acceptors (Lipinski definition) is 5. The molecule has 126 valence electrons. The van der Waals surface area contributed by atoms with Crippen molar-refractivity contribution in [3.8, 4) is 11.5 Å². The molecule has 0 unspecified atom stereocenters. The SMILES string of the molecule is CCOC(=O)C=C(Cc1ccncc1)c1ccc(OC)c(OC)c1. The van der Waals surface area contributed by atoms with E-state index in [4.69, 9.17) is 14.2 Å². The van der Waals surface area contributed by atoms with Gasteiger partial charge in [-0.25, -0.2) is 4.79 Å². The van der Waals surface area contributed by atoms with Gasteiger partial charge in [-0.1, -0.05) is 6.07 Å². The summed E-state index contributed by atoms with van der Waals surface area (Å²) < 4.78 is 15.7. The topological polar surface area (TPSA) is 57.7 Å². The molecule has 0 bridgehead atoms. The monoisotopic (exact) mass is 327 g/mol. The summed E-state index contributed by atoms with van der Waals surface area (Å²) in [7, 11) is 3.17. The molecule has 0 saturated carbocycles. The van der Waals surface area contributed by atoms with Crippen LogP contribution < -0.4 is 9.47 Å². The lowest BCUT2D eigenvalue weighted by atomic mass is 9.98. The van der Waals surface area contributed by atoms with Gasteiger partial charge >= 0.3 is 5.97 Å². The van der Waals surface area contributed by atoms with Crippen molar-refractivity contribution in [2.75, 3.05) is 20.8 Å². The molecule has 0 saturated heterocycles. The van der Waals surface area contributed by atoms with E-state index in [1.807, 2.05) is 30.3 Å². The fourth-order valence-electron chi connectivity index (χ4n) is 2.32. The van der Waals surface area contributed by atoms with Crippen molar-refractivity contribution in [1.82, 2.24) is 4.98 Å². The van der Waals surface area contributed by atoms with Gasteiger partial charge in [0.25, 0.3) is 0 Å². The molecular weight excluding hydrogens is 306 g/mol. The molecule has 0 fully saturated rings. The third-order valence-corrected chi connectivity index (χ3v) is 3.48. The van der Waals surface area contributed by atoms with E-state index in [9.17, 15) is 4.79 Å². The van der Waals surface area contributed by atoms with Crippen molar-refractivity contribution in [2.24, 2.45) is 0 Å². The van der Waals surface area contributed by atoms with Crippen LogP contribution in [0.15, 0.2) is 48.8 Å². The lowest BCUT2D eigenvalue weighted by Gasteiger charge is -2.12. The predicted octanol–water partition coefficient (Wildman–Crippen LogP) is 3.29. The van der Waals surface area contributed by atoms with Gasteiger partial charge < -0.3 is 14.2 Å². The minimum absolute atomic E-state index is 0.337. The van der Waals surface area contributed by atoms with E-state index in [2.05, 4.69) is 4.98 Å². The summed E-state index contributed by atoms with van der Waals surface area (Å²) in [5.41, 5.74) is 2.76. The average Bonchev–Trinajstić information content (AvgIpc) is 2.61. The summed E-state index contributed by atoms with van der Waals surface area (Å²) in [6, 6.07) is 9.40. The Morgan fingerprint density at radius 3 is 2.42 bits per heavy atom. The number of allylic oxidation sites excluding steroid dienone is 1. The van der Waals surface area contributed by atoms with Crippen LogP contribution in [0.4, 0.5) is 0 Å². The van der Waals surface area contributed by atoms with Crippen molar-refractivity contribution >= 4 is 11.5 Å². The molecule has 1 aromatic carbocycles. The second-order valence-corrected chi connectivity index (χ2v) is 5.02. The van der Waals surface area contributed by atoms with E-state index in [0.29, 0.717) is 24.5 Å². The van der Waals surface area contributed by atoms with Crippen LogP contribution in [0.1, 0.15) is 18.1 Å². The Bertz CT molecular complexity index is 711. The molecular formula is C19H21NO4. The molecule has 5 nitrogen and oxygen atoms in total. The van der Waals surface area contributed by atoms with Gasteiger partial charge in [-0.15, -0.1) is 0 Å². The molecule has 5 heteroatoms. The number of rotatable bonds is 7. The minimum atomic E-state index is -0.364. The molecule has 0 aliphatic rings. The maximum atomic E-state index is 11.9. The van der Waals surface area contributed by atoms with Crippen LogP contribution in [-0.4, -0.2) is 31.8 Å². The number of methoxy groups -OCH3 is 2. The number of ether oxygens (including phenoxy) is 3. The summed E-state index contributed by atoms with van der Waals surface area (Å²) in [4.78, 5) is 15.9. The van der Waals surface area contributed by atoms with Gasteiger partial charge in [-0.2, -0.15) is 0 Å². The number of aromatic nitrogens is 1. The molecule has 24 heavy (non-hydrogen) atoms. The third kappa shape index (κ3) is 4.59. The third-order valence-electron chi connectivity index (χ3n) is 3.48. The number of benzene rings is 1. The number of esters is 1. The fraction of sp³-hybridized carbons (Fsp3) is 0.263. The van der Waals surface area contributed by atoms with Gasteiger partial charge in [0.1, 0.15) is 0 Å².